The van der Waals surface area contributed by atoms with Gasteiger partial charge >= 0.3 is 80.1 Å². The number of hydrogen-bond donors (Lipinski definition) is 0. The molecule has 2 aliphatic rings. The summed E-state index contributed by atoms with van der Waals surface area (Å²) in [7, 11) is 0. The maximum atomic E-state index is 11.0. The van der Waals surface area contributed by atoms with Crippen LogP contribution in [0.4, 0.5) is 0 Å². The fourth-order valence-electron chi connectivity index (χ4n) is 0.972. The number of hydrogen-bond acceptors (Lipinski definition) is 6. The first-order chi connectivity index (χ1) is 6.02. The second-order valence-corrected chi connectivity index (χ2v) is 7.56. The summed E-state index contributed by atoms with van der Waals surface area (Å²) in [5.41, 5.74) is 0. The molecular weight excluding hydrogens is 290 g/mol. The SMILES string of the molecule is CC1[O][Sb-]2([O]C1=O)[O]C(=O)C(C)[O]2. The van der Waals surface area contributed by atoms with E-state index in [0.717, 1.165) is 0 Å². The van der Waals surface area contributed by atoms with E-state index >= 15 is 0 Å². The molecule has 6 nitrogen and oxygen atoms in total. The quantitative estimate of drug-likeness (QED) is 0.553. The first-order valence-electron chi connectivity index (χ1n) is 3.75. The summed E-state index contributed by atoms with van der Waals surface area (Å²) in [6.07, 6.45) is -1.38. The standard InChI is InChI=1S/2C3H5O3.Sb/c2*1-2(4)3(5)6;/h2*2H,1H3,(H,5,6);/q2*-1;+3/p-2. The van der Waals surface area contributed by atoms with Gasteiger partial charge in [-0.1, -0.05) is 0 Å². The molecule has 7 heteroatoms. The zero-order valence-electron chi connectivity index (χ0n) is 7.05. The van der Waals surface area contributed by atoms with Crippen LogP contribution in [0.25, 0.3) is 0 Å². The third kappa shape index (κ3) is 1.43. The molecule has 0 N–H and O–H groups in total. The third-order valence-corrected chi connectivity index (χ3v) is 7.22. The van der Waals surface area contributed by atoms with Gasteiger partial charge in [0.1, 0.15) is 0 Å². The van der Waals surface area contributed by atoms with Gasteiger partial charge in [-0.2, -0.15) is 0 Å². The second-order valence-electron chi connectivity index (χ2n) is 2.76. The van der Waals surface area contributed by atoms with Crippen LogP contribution in [-0.4, -0.2) is 44.6 Å². The van der Waals surface area contributed by atoms with Crippen LogP contribution in [0.1, 0.15) is 13.8 Å². The summed E-state index contributed by atoms with van der Waals surface area (Å²) < 4.78 is 19.9. The van der Waals surface area contributed by atoms with E-state index in [0.29, 0.717) is 0 Å². The Bertz CT molecular complexity index is 248. The number of rotatable bonds is 0. The Labute approximate surface area is 80.3 Å². The van der Waals surface area contributed by atoms with Crippen molar-refractivity contribution in [3.8, 4) is 0 Å². The van der Waals surface area contributed by atoms with Gasteiger partial charge in [0.15, 0.2) is 0 Å². The van der Waals surface area contributed by atoms with E-state index in [-0.39, 0.29) is 0 Å². The molecule has 2 aliphatic heterocycles. The summed E-state index contributed by atoms with van der Waals surface area (Å²) in [5.74, 6) is -1.04. The summed E-state index contributed by atoms with van der Waals surface area (Å²) in [4.78, 5) is 22.0. The van der Waals surface area contributed by atoms with Crippen molar-refractivity contribution in [1.82, 2.24) is 0 Å². The van der Waals surface area contributed by atoms with Crippen molar-refractivity contribution >= 4 is 32.4 Å². The summed E-state index contributed by atoms with van der Waals surface area (Å²) in [6.45, 7) is 3.07. The van der Waals surface area contributed by atoms with Crippen LogP contribution in [0.2, 0.25) is 0 Å². The van der Waals surface area contributed by atoms with Crippen LogP contribution in [-0.2, 0) is 21.7 Å². The van der Waals surface area contributed by atoms with Crippen LogP contribution in [0.15, 0.2) is 0 Å². The summed E-state index contributed by atoms with van der Waals surface area (Å²) in [6, 6.07) is 0. The topological polar surface area (TPSA) is 71.1 Å². The summed E-state index contributed by atoms with van der Waals surface area (Å²) >= 11 is -4.08. The van der Waals surface area contributed by atoms with Gasteiger partial charge in [0, 0.05) is 0 Å². The molecule has 2 rings (SSSR count). The van der Waals surface area contributed by atoms with Crippen molar-refractivity contribution in [2.24, 2.45) is 0 Å². The Hall–Kier alpha value is -0.322. The van der Waals surface area contributed by atoms with Crippen molar-refractivity contribution in [2.75, 3.05) is 0 Å². The van der Waals surface area contributed by atoms with Crippen LogP contribution < -0.4 is 0 Å². The first-order valence-corrected chi connectivity index (χ1v) is 7.92. The molecule has 2 unspecified atom stereocenters. The Balaban J connectivity index is 2.17. The molecule has 0 aromatic heterocycles. The molecule has 0 aromatic rings. The molecule has 0 aliphatic carbocycles. The Morgan fingerprint density at radius 3 is 1.62 bits per heavy atom. The van der Waals surface area contributed by atoms with Crippen LogP contribution in [0.3, 0.4) is 0 Å². The Morgan fingerprint density at radius 2 is 1.38 bits per heavy atom. The molecule has 0 amide bonds. The predicted molar refractivity (Wildman–Crippen MR) is 39.0 cm³/mol. The molecule has 2 saturated heterocycles. The molecule has 2 fully saturated rings. The van der Waals surface area contributed by atoms with Crippen molar-refractivity contribution in [2.45, 2.75) is 26.1 Å². The average molecular weight is 298 g/mol. The zero-order chi connectivity index (χ0) is 9.64. The second kappa shape index (κ2) is 2.83. The monoisotopic (exact) mass is 297 g/mol. The molecule has 2 heterocycles. The van der Waals surface area contributed by atoms with Gasteiger partial charge in [0.25, 0.3) is 0 Å². The van der Waals surface area contributed by atoms with Crippen molar-refractivity contribution < 1.29 is 21.7 Å². The van der Waals surface area contributed by atoms with Gasteiger partial charge in [-0.15, -0.1) is 0 Å². The molecule has 0 aromatic carbocycles. The van der Waals surface area contributed by atoms with E-state index in [1.54, 1.807) is 0 Å². The average Bonchev–Trinajstić information content (AvgIpc) is 2.39. The minimum atomic E-state index is -4.08. The van der Waals surface area contributed by atoms with Crippen LogP contribution in [0.5, 0.6) is 0 Å². The molecule has 0 radical (unpaired) electrons. The number of carbonyl (C=O) groups excluding carboxylic acids is 2. The number of carbonyl (C=O) groups is 2. The van der Waals surface area contributed by atoms with E-state index in [9.17, 15) is 9.59 Å². The van der Waals surface area contributed by atoms with Gasteiger partial charge in [-0.05, 0) is 0 Å². The Kier molecular flexibility index (Phi) is 2.01. The molecule has 13 heavy (non-hydrogen) atoms. The molecule has 0 saturated carbocycles. The third-order valence-electron chi connectivity index (χ3n) is 1.64. The maximum absolute atomic E-state index is 11.0. The van der Waals surface area contributed by atoms with Crippen molar-refractivity contribution in [3.63, 3.8) is 0 Å². The predicted octanol–water partition coefficient (Wildman–Crippen LogP) is -0.654. The van der Waals surface area contributed by atoms with E-state index in [2.05, 4.69) is 0 Å². The molecule has 1 spiro atoms. The van der Waals surface area contributed by atoms with Gasteiger partial charge in [0.05, 0.1) is 0 Å². The molecule has 2 atom stereocenters. The zero-order valence-corrected chi connectivity index (χ0v) is 9.60. The first kappa shape index (κ1) is 9.24. The van der Waals surface area contributed by atoms with Gasteiger partial charge in [-0.3, -0.25) is 0 Å². The van der Waals surface area contributed by atoms with Gasteiger partial charge in [-0.25, -0.2) is 0 Å². The van der Waals surface area contributed by atoms with E-state index in [4.69, 9.17) is 12.1 Å². The van der Waals surface area contributed by atoms with Crippen LogP contribution in [0, 0.1) is 0 Å². The fourth-order valence-corrected chi connectivity index (χ4v) is 6.52. The summed E-state index contributed by atoms with van der Waals surface area (Å²) in [5, 5.41) is 0. The van der Waals surface area contributed by atoms with Crippen molar-refractivity contribution in [3.05, 3.63) is 0 Å². The molecule has 74 valence electrons. The van der Waals surface area contributed by atoms with Crippen LogP contribution >= 0.6 is 0 Å². The van der Waals surface area contributed by atoms with E-state index in [1.165, 1.54) is 13.8 Å². The molecule has 0 bridgehead atoms. The van der Waals surface area contributed by atoms with Gasteiger partial charge < -0.3 is 0 Å². The van der Waals surface area contributed by atoms with Gasteiger partial charge in [0.2, 0.25) is 0 Å². The fraction of sp³-hybridized carbons (Fsp3) is 0.667. The Morgan fingerprint density at radius 1 is 1.00 bits per heavy atom. The van der Waals surface area contributed by atoms with E-state index < -0.39 is 44.6 Å². The normalized spacial score (nSPS) is 48.8. The minimum absolute atomic E-state index is 0.520. The van der Waals surface area contributed by atoms with Crippen molar-refractivity contribution in [1.29, 1.82) is 0 Å². The molecular formula is C6H8O6Sb-. The van der Waals surface area contributed by atoms with E-state index in [1.807, 2.05) is 0 Å².